The van der Waals surface area contributed by atoms with Crippen molar-refractivity contribution in [3.63, 3.8) is 0 Å². The van der Waals surface area contributed by atoms with E-state index in [0.29, 0.717) is 24.7 Å². The largest absolute Gasteiger partial charge is 0.430 e. The number of nitrogens with zero attached hydrogens (tertiary/aromatic N) is 1. The molecule has 1 aromatic rings. The molecule has 6 atom stereocenters. The van der Waals surface area contributed by atoms with Gasteiger partial charge in [-0.15, -0.1) is 0 Å². The quantitative estimate of drug-likeness (QED) is 0.288. The third-order valence-corrected chi connectivity index (χ3v) is 10.6. The van der Waals surface area contributed by atoms with Gasteiger partial charge in [0.1, 0.15) is 6.10 Å². The van der Waals surface area contributed by atoms with Crippen LogP contribution in [0, 0.1) is 17.3 Å². The smallest absolute Gasteiger partial charge is 0.308 e. The van der Waals surface area contributed by atoms with Crippen LogP contribution in [0.15, 0.2) is 47.1 Å². The predicted octanol–water partition coefficient (Wildman–Crippen LogP) is 5.45. The lowest BCUT2D eigenvalue weighted by molar-refractivity contribution is -0.271. The van der Waals surface area contributed by atoms with Crippen LogP contribution in [0.1, 0.15) is 89.0 Å². The first-order valence-corrected chi connectivity index (χ1v) is 15.5. The Bertz CT molecular complexity index is 1200. The van der Waals surface area contributed by atoms with E-state index in [1.54, 1.807) is 12.5 Å². The molecule has 5 rings (SSSR count). The molecule has 4 aliphatic carbocycles. The highest BCUT2D eigenvalue weighted by Gasteiger charge is 2.56. The Balaban J connectivity index is 1.55. The monoisotopic (exact) mass is 565 g/mol. The molecule has 0 saturated heterocycles. The highest BCUT2D eigenvalue weighted by atomic mass is 16.7. The van der Waals surface area contributed by atoms with E-state index in [-0.39, 0.29) is 23.5 Å². The summed E-state index contributed by atoms with van der Waals surface area (Å²) in [7, 11) is 5.56. The molecule has 7 nitrogen and oxygen atoms in total. The number of fused-ring (bicyclic) bond motifs is 4. The number of ether oxygens (including phenoxy) is 2. The molecule has 0 amide bonds. The SMILES string of the molecule is CCC(=O)OC(CCC12CCC[C@H]1[C@@H]1CCC3=CC(=O)CCC3=C1[C@@H](c1ccc(N(C)C)cc1)C2)(OC)C(O)CO. The van der Waals surface area contributed by atoms with Crippen molar-refractivity contribution in [1.29, 1.82) is 0 Å². The van der Waals surface area contributed by atoms with Crippen molar-refractivity contribution >= 4 is 17.4 Å². The van der Waals surface area contributed by atoms with Gasteiger partial charge in [-0.2, -0.15) is 0 Å². The predicted molar refractivity (Wildman–Crippen MR) is 158 cm³/mol. The number of anilines is 1. The second kappa shape index (κ2) is 12.0. The number of carbonyl (C=O) groups is 2. The van der Waals surface area contributed by atoms with Crippen molar-refractivity contribution in [1.82, 2.24) is 0 Å². The summed E-state index contributed by atoms with van der Waals surface area (Å²) in [6.45, 7) is 1.17. The van der Waals surface area contributed by atoms with E-state index >= 15 is 0 Å². The first kappa shape index (κ1) is 30.0. The summed E-state index contributed by atoms with van der Waals surface area (Å²) in [6, 6.07) is 8.95. The third kappa shape index (κ3) is 5.53. The molecule has 0 radical (unpaired) electrons. The lowest BCUT2D eigenvalue weighted by atomic mass is 9.52. The Morgan fingerprint density at radius 3 is 2.59 bits per heavy atom. The molecule has 2 saturated carbocycles. The van der Waals surface area contributed by atoms with Crippen LogP contribution in [0.3, 0.4) is 0 Å². The fraction of sp³-hybridized carbons (Fsp3) is 0.647. The normalized spacial score (nSPS) is 29.6. The standard InChI is InChI=1S/C34H47NO6/c1-5-31(39)41-34(40-4,30(38)21-36)18-17-33-16-6-7-29(33)27-14-10-23-19-25(37)13-15-26(23)32(27)28(20-33)22-8-11-24(12-9-22)35(2)3/h8-9,11-12,19,27-30,36,38H,5-7,10,13-18,20-21H2,1-4H3/t27-,28+,29-,30?,33?,34?/m0/s1. The number of methoxy groups -OCH3 is 1. The van der Waals surface area contributed by atoms with Gasteiger partial charge in [-0.1, -0.05) is 31.1 Å². The summed E-state index contributed by atoms with van der Waals surface area (Å²) in [5.74, 6) is -0.589. The number of esters is 1. The number of ketones is 1. The van der Waals surface area contributed by atoms with E-state index in [9.17, 15) is 19.8 Å². The lowest BCUT2D eigenvalue weighted by Gasteiger charge is -2.53. The topological polar surface area (TPSA) is 96.3 Å². The van der Waals surface area contributed by atoms with E-state index in [1.807, 2.05) is 6.08 Å². The third-order valence-electron chi connectivity index (χ3n) is 10.6. The molecule has 41 heavy (non-hydrogen) atoms. The van der Waals surface area contributed by atoms with Crippen LogP contribution >= 0.6 is 0 Å². The Morgan fingerprint density at radius 1 is 1.17 bits per heavy atom. The maximum absolute atomic E-state index is 12.4. The van der Waals surface area contributed by atoms with Crippen LogP contribution in [0.2, 0.25) is 0 Å². The molecule has 2 fully saturated rings. The summed E-state index contributed by atoms with van der Waals surface area (Å²) in [4.78, 5) is 26.9. The summed E-state index contributed by atoms with van der Waals surface area (Å²) >= 11 is 0. The second-order valence-corrected chi connectivity index (χ2v) is 12.9. The second-order valence-electron chi connectivity index (χ2n) is 12.9. The number of carbonyl (C=O) groups excluding carboxylic acids is 2. The van der Waals surface area contributed by atoms with Gasteiger partial charge >= 0.3 is 5.97 Å². The van der Waals surface area contributed by atoms with Gasteiger partial charge in [0.05, 0.1) is 6.61 Å². The van der Waals surface area contributed by atoms with Crippen LogP contribution in [0.5, 0.6) is 0 Å². The van der Waals surface area contributed by atoms with Gasteiger partial charge in [0.2, 0.25) is 5.79 Å². The number of hydrogen-bond acceptors (Lipinski definition) is 7. The number of hydrogen-bond donors (Lipinski definition) is 2. The van der Waals surface area contributed by atoms with Crippen molar-refractivity contribution in [2.45, 2.75) is 95.4 Å². The molecule has 4 aliphatic rings. The van der Waals surface area contributed by atoms with Gasteiger partial charge in [-0.3, -0.25) is 9.59 Å². The lowest BCUT2D eigenvalue weighted by Crippen LogP contribution is -2.51. The number of aliphatic hydroxyl groups excluding tert-OH is 2. The summed E-state index contributed by atoms with van der Waals surface area (Å²) in [6.07, 6.45) is 9.63. The van der Waals surface area contributed by atoms with E-state index in [1.165, 1.54) is 29.5 Å². The number of rotatable bonds is 10. The molecule has 0 heterocycles. The van der Waals surface area contributed by atoms with Crippen LogP contribution in [-0.2, 0) is 19.1 Å². The van der Waals surface area contributed by atoms with Crippen molar-refractivity contribution < 1.29 is 29.3 Å². The Morgan fingerprint density at radius 2 is 1.93 bits per heavy atom. The molecule has 1 aromatic carbocycles. The van der Waals surface area contributed by atoms with Crippen molar-refractivity contribution in [2.75, 3.05) is 32.7 Å². The van der Waals surface area contributed by atoms with E-state index in [0.717, 1.165) is 51.4 Å². The minimum atomic E-state index is -1.57. The number of aliphatic hydroxyl groups is 2. The fourth-order valence-corrected chi connectivity index (χ4v) is 8.56. The molecule has 7 heteroatoms. The highest BCUT2D eigenvalue weighted by molar-refractivity contribution is 5.93. The first-order chi connectivity index (χ1) is 19.7. The summed E-state index contributed by atoms with van der Waals surface area (Å²) in [5.41, 5.74) is 6.73. The van der Waals surface area contributed by atoms with E-state index < -0.39 is 24.5 Å². The van der Waals surface area contributed by atoms with Crippen LogP contribution in [0.25, 0.3) is 0 Å². The number of benzene rings is 1. The van der Waals surface area contributed by atoms with Gasteiger partial charge in [0, 0.05) is 52.1 Å². The van der Waals surface area contributed by atoms with Crippen LogP contribution in [0.4, 0.5) is 5.69 Å². The molecule has 0 spiro atoms. The van der Waals surface area contributed by atoms with Crippen LogP contribution < -0.4 is 4.90 Å². The van der Waals surface area contributed by atoms with Gasteiger partial charge in [-0.05, 0) is 97.1 Å². The van der Waals surface area contributed by atoms with Crippen molar-refractivity contribution in [2.24, 2.45) is 17.3 Å². The zero-order valence-corrected chi connectivity index (χ0v) is 25.2. The zero-order chi connectivity index (χ0) is 29.4. The molecule has 0 aromatic heterocycles. The van der Waals surface area contributed by atoms with Gasteiger partial charge in [-0.25, -0.2) is 0 Å². The van der Waals surface area contributed by atoms with Gasteiger partial charge in [0.25, 0.3) is 0 Å². The summed E-state index contributed by atoms with van der Waals surface area (Å²) < 4.78 is 11.5. The molecule has 224 valence electrons. The number of allylic oxidation sites excluding steroid dienone is 4. The average Bonchev–Trinajstić information content (AvgIpc) is 3.42. The van der Waals surface area contributed by atoms with E-state index in [2.05, 4.69) is 43.3 Å². The van der Waals surface area contributed by atoms with Crippen molar-refractivity contribution in [3.05, 3.63) is 52.6 Å². The van der Waals surface area contributed by atoms with Gasteiger partial charge < -0.3 is 24.6 Å². The van der Waals surface area contributed by atoms with Crippen molar-refractivity contribution in [3.8, 4) is 0 Å². The zero-order valence-electron chi connectivity index (χ0n) is 25.2. The first-order valence-electron chi connectivity index (χ1n) is 15.5. The minimum absolute atomic E-state index is 0.00287. The minimum Gasteiger partial charge on any atom is -0.430 e. The Hall–Kier alpha value is -2.48. The fourth-order valence-electron chi connectivity index (χ4n) is 8.56. The van der Waals surface area contributed by atoms with Gasteiger partial charge in [0.15, 0.2) is 5.78 Å². The maximum atomic E-state index is 12.4. The molecule has 0 aliphatic heterocycles. The molecule has 2 N–H and O–H groups in total. The molecule has 3 unspecified atom stereocenters. The highest BCUT2D eigenvalue weighted by Crippen LogP contribution is 2.65. The average molecular weight is 566 g/mol. The van der Waals surface area contributed by atoms with Crippen LogP contribution in [-0.4, -0.2) is 61.7 Å². The summed E-state index contributed by atoms with van der Waals surface area (Å²) in [5, 5.41) is 20.7. The Labute approximate surface area is 244 Å². The molecule has 0 bridgehead atoms. The maximum Gasteiger partial charge on any atom is 0.308 e. The van der Waals surface area contributed by atoms with E-state index in [4.69, 9.17) is 9.47 Å². The molecular formula is C34H47NO6. The molecular weight excluding hydrogens is 518 g/mol. The Kier molecular flexibility index (Phi) is 8.79.